The molecular formula is C31H41N5O7S. The van der Waals surface area contributed by atoms with Crippen LogP contribution in [-0.4, -0.2) is 85.7 Å². The number of benzene rings is 1. The molecule has 3 aliphatic rings. The zero-order valence-electron chi connectivity index (χ0n) is 25.5. The number of carbonyl (C=O) groups excluding carboxylic acids is 3. The summed E-state index contributed by atoms with van der Waals surface area (Å²) < 4.78 is 38.9. The number of ether oxygens (including phenoxy) is 2. The van der Waals surface area contributed by atoms with Gasteiger partial charge in [-0.3, -0.25) is 19.1 Å². The van der Waals surface area contributed by atoms with Crippen molar-refractivity contribution in [2.75, 3.05) is 20.7 Å². The fraction of sp³-hybridized carbons (Fsp3) is 0.548. The van der Waals surface area contributed by atoms with Crippen molar-refractivity contribution in [2.24, 2.45) is 11.8 Å². The van der Waals surface area contributed by atoms with Crippen LogP contribution >= 0.6 is 0 Å². The summed E-state index contributed by atoms with van der Waals surface area (Å²) >= 11 is 0. The second kappa shape index (κ2) is 12.4. The molecule has 44 heavy (non-hydrogen) atoms. The van der Waals surface area contributed by atoms with E-state index in [0.29, 0.717) is 24.5 Å². The number of carbonyl (C=O) groups is 3. The maximum absolute atomic E-state index is 14.0. The number of aromatic nitrogens is 1. The topological polar surface area (TPSA) is 156 Å². The molecule has 2 heterocycles. The first-order valence-electron chi connectivity index (χ1n) is 15.1. The van der Waals surface area contributed by atoms with Crippen molar-refractivity contribution in [1.82, 2.24) is 25.2 Å². The number of hydrogen-bond donors (Lipinski definition) is 3. The van der Waals surface area contributed by atoms with Crippen LogP contribution in [0.15, 0.2) is 43.1 Å². The van der Waals surface area contributed by atoms with Gasteiger partial charge in [0.15, 0.2) is 0 Å². The number of rotatable bonds is 13. The summed E-state index contributed by atoms with van der Waals surface area (Å²) in [6, 6.07) is 5.86. The molecule has 5 rings (SSSR count). The quantitative estimate of drug-likeness (QED) is 0.282. The van der Waals surface area contributed by atoms with Crippen molar-refractivity contribution in [3.05, 3.63) is 43.1 Å². The van der Waals surface area contributed by atoms with Crippen molar-refractivity contribution < 1.29 is 32.3 Å². The van der Waals surface area contributed by atoms with E-state index in [9.17, 15) is 22.8 Å². The van der Waals surface area contributed by atoms with Crippen LogP contribution in [0.25, 0.3) is 10.8 Å². The minimum atomic E-state index is -3.83. The molecule has 3 amide bonds. The molecule has 2 aliphatic carbocycles. The third-order valence-corrected chi connectivity index (χ3v) is 10.9. The Bertz CT molecular complexity index is 1560. The van der Waals surface area contributed by atoms with Gasteiger partial charge in [-0.2, -0.15) is 0 Å². The van der Waals surface area contributed by atoms with Crippen molar-refractivity contribution in [3.8, 4) is 11.6 Å². The van der Waals surface area contributed by atoms with Crippen LogP contribution in [-0.2, 0) is 24.4 Å². The summed E-state index contributed by atoms with van der Waals surface area (Å²) in [5.41, 5.74) is -1.45. The van der Waals surface area contributed by atoms with E-state index in [1.807, 2.05) is 32.0 Å². The maximum atomic E-state index is 14.0. The smallest absolute Gasteiger partial charge is 0.259 e. The molecule has 0 bridgehead atoms. The van der Waals surface area contributed by atoms with Gasteiger partial charge in [0.2, 0.25) is 27.7 Å². The number of amides is 3. The Kier molecular flexibility index (Phi) is 8.90. The number of likely N-dealkylation sites (tertiary alicyclic amines) is 1. The Labute approximate surface area is 258 Å². The lowest BCUT2D eigenvalue weighted by Crippen LogP contribution is -2.58. The van der Waals surface area contributed by atoms with Crippen LogP contribution in [0.1, 0.15) is 46.0 Å². The first kappa shape index (κ1) is 31.7. The molecule has 238 valence electrons. The van der Waals surface area contributed by atoms with Crippen LogP contribution in [0.2, 0.25) is 0 Å². The lowest BCUT2D eigenvalue weighted by atomic mass is 9.97. The molecule has 2 saturated carbocycles. The van der Waals surface area contributed by atoms with E-state index >= 15 is 0 Å². The molecule has 3 N–H and O–H groups in total. The summed E-state index contributed by atoms with van der Waals surface area (Å²) in [5, 5.41) is 6.93. The minimum absolute atomic E-state index is 0.00998. The number of pyridine rings is 1. The molecule has 0 spiro atoms. The van der Waals surface area contributed by atoms with Crippen LogP contribution in [0.4, 0.5) is 0 Å². The highest BCUT2D eigenvalue weighted by Crippen LogP contribution is 2.45. The Morgan fingerprint density at radius 2 is 2.00 bits per heavy atom. The van der Waals surface area contributed by atoms with Gasteiger partial charge in [0.05, 0.1) is 24.9 Å². The van der Waals surface area contributed by atoms with Gasteiger partial charge in [-0.15, -0.1) is 6.58 Å². The lowest BCUT2D eigenvalue weighted by molar-refractivity contribution is -0.142. The molecule has 6 unspecified atom stereocenters. The molecule has 1 saturated heterocycles. The second-order valence-corrected chi connectivity index (χ2v) is 14.0. The fourth-order valence-corrected chi connectivity index (χ4v) is 7.33. The third kappa shape index (κ3) is 6.12. The Balaban J connectivity index is 1.40. The molecule has 1 aliphatic heterocycles. The molecule has 3 fully saturated rings. The highest BCUT2D eigenvalue weighted by Gasteiger charge is 2.62. The molecule has 0 radical (unpaired) electrons. The van der Waals surface area contributed by atoms with Gasteiger partial charge in [-0.05, 0) is 61.9 Å². The minimum Gasteiger partial charge on any atom is -0.497 e. The summed E-state index contributed by atoms with van der Waals surface area (Å²) in [7, 11) is -0.528. The highest BCUT2D eigenvalue weighted by molar-refractivity contribution is 7.91. The fourth-order valence-electron chi connectivity index (χ4n) is 5.97. The van der Waals surface area contributed by atoms with Crippen molar-refractivity contribution >= 4 is 38.5 Å². The standard InChI is InChI=1S/C31H41N5O7S/c1-6-18(3)26(32-4)29(38)36-17-22(43-28-24-11-8-21(42-5)14-19(24)12-13-33-28)15-25(36)27(37)34-31(16-20(31)7-2)30(39)35-44(40,41)23-9-10-23/h7-8,11-14,18,20,22-23,25-26,32H,2,6,9-10,15-17H2,1,3-5H3,(H,34,37)(H,35,39). The van der Waals surface area contributed by atoms with Crippen LogP contribution < -0.4 is 24.8 Å². The Morgan fingerprint density at radius 1 is 1.25 bits per heavy atom. The summed E-state index contributed by atoms with van der Waals surface area (Å²) in [4.78, 5) is 47.1. The average Bonchev–Trinajstić information content (AvgIpc) is 3.94. The van der Waals surface area contributed by atoms with E-state index in [4.69, 9.17) is 9.47 Å². The van der Waals surface area contributed by atoms with Gasteiger partial charge < -0.3 is 25.0 Å². The first-order chi connectivity index (χ1) is 21.0. The average molecular weight is 628 g/mol. The lowest BCUT2D eigenvalue weighted by Gasteiger charge is -2.31. The number of fused-ring (bicyclic) bond motifs is 1. The van der Waals surface area contributed by atoms with Gasteiger partial charge in [0.1, 0.15) is 23.4 Å². The van der Waals surface area contributed by atoms with Gasteiger partial charge >= 0.3 is 0 Å². The predicted molar refractivity (Wildman–Crippen MR) is 164 cm³/mol. The van der Waals surface area contributed by atoms with E-state index in [0.717, 1.165) is 17.2 Å². The van der Waals surface area contributed by atoms with Crippen LogP contribution in [0, 0.1) is 11.8 Å². The Hall–Kier alpha value is -3.71. The second-order valence-electron chi connectivity index (χ2n) is 12.0. The third-order valence-electron chi connectivity index (χ3n) is 9.10. The molecule has 2 aromatic rings. The Morgan fingerprint density at radius 3 is 2.61 bits per heavy atom. The van der Waals surface area contributed by atoms with E-state index in [1.54, 1.807) is 26.4 Å². The van der Waals surface area contributed by atoms with E-state index in [1.165, 1.54) is 11.0 Å². The number of hydrogen-bond acceptors (Lipinski definition) is 9. The number of likely N-dealkylation sites (N-methyl/N-ethyl adjacent to an activating group) is 1. The summed E-state index contributed by atoms with van der Waals surface area (Å²) in [6.07, 6.45) is 4.69. The van der Waals surface area contributed by atoms with Crippen molar-refractivity contribution in [1.29, 1.82) is 0 Å². The zero-order chi connectivity index (χ0) is 31.8. The normalized spacial score (nSPS) is 26.0. The number of sulfonamides is 1. The number of nitrogens with zero attached hydrogens (tertiary/aromatic N) is 2. The molecule has 12 nitrogen and oxygen atoms in total. The molecule has 6 atom stereocenters. The van der Waals surface area contributed by atoms with Gasteiger partial charge in [-0.1, -0.05) is 26.3 Å². The maximum Gasteiger partial charge on any atom is 0.259 e. The van der Waals surface area contributed by atoms with Crippen molar-refractivity contribution in [3.63, 3.8) is 0 Å². The number of nitrogens with one attached hydrogen (secondary N) is 3. The first-order valence-corrected chi connectivity index (χ1v) is 16.6. The highest BCUT2D eigenvalue weighted by atomic mass is 32.2. The molecule has 13 heteroatoms. The zero-order valence-corrected chi connectivity index (χ0v) is 26.4. The van der Waals surface area contributed by atoms with Crippen LogP contribution in [0.3, 0.4) is 0 Å². The van der Waals surface area contributed by atoms with Crippen LogP contribution in [0.5, 0.6) is 11.6 Å². The molecular weight excluding hydrogens is 586 g/mol. The monoisotopic (exact) mass is 627 g/mol. The summed E-state index contributed by atoms with van der Waals surface area (Å²) in [6.45, 7) is 7.84. The molecule has 1 aromatic heterocycles. The van der Waals surface area contributed by atoms with Gasteiger partial charge in [-0.25, -0.2) is 13.4 Å². The van der Waals surface area contributed by atoms with E-state index in [2.05, 4.69) is 26.9 Å². The van der Waals surface area contributed by atoms with E-state index < -0.39 is 56.7 Å². The molecule has 1 aromatic carbocycles. The SMILES string of the molecule is C=CC1CC1(NC(=O)C1CC(Oc2nccc3cc(OC)ccc23)CN1C(=O)C(NC)C(C)CC)C(=O)NS(=O)(=O)C1CC1. The predicted octanol–water partition coefficient (Wildman–Crippen LogP) is 1.90. The van der Waals surface area contributed by atoms with Gasteiger partial charge in [0, 0.05) is 23.9 Å². The summed E-state index contributed by atoms with van der Waals surface area (Å²) in [5.74, 6) is -0.991. The largest absolute Gasteiger partial charge is 0.497 e. The van der Waals surface area contributed by atoms with E-state index in [-0.39, 0.29) is 31.2 Å². The van der Waals surface area contributed by atoms with Crippen molar-refractivity contribution in [2.45, 2.75) is 74.9 Å². The number of methoxy groups -OCH3 is 1. The van der Waals surface area contributed by atoms with Gasteiger partial charge in [0.25, 0.3) is 5.91 Å².